The van der Waals surface area contributed by atoms with Gasteiger partial charge in [-0.25, -0.2) is 0 Å². The van der Waals surface area contributed by atoms with Crippen LogP contribution in [0.25, 0.3) is 0 Å². The van der Waals surface area contributed by atoms with E-state index in [1.54, 1.807) is 11.3 Å². The maximum atomic E-state index is 12.6. The summed E-state index contributed by atoms with van der Waals surface area (Å²) in [7, 11) is 0. The first kappa shape index (κ1) is 17.9. The van der Waals surface area contributed by atoms with E-state index in [4.69, 9.17) is 4.74 Å². The fourth-order valence-electron chi connectivity index (χ4n) is 3.87. The minimum Gasteiger partial charge on any atom is -0.377 e. The third kappa shape index (κ3) is 5.30. The van der Waals surface area contributed by atoms with Gasteiger partial charge in [-0.05, 0) is 43.0 Å². The normalized spacial score (nSPS) is 27.5. The van der Waals surface area contributed by atoms with Crippen LogP contribution in [0.1, 0.15) is 50.3 Å². The Balaban J connectivity index is 1.54. The summed E-state index contributed by atoms with van der Waals surface area (Å²) in [4.78, 5) is 16.1. The van der Waals surface area contributed by atoms with Crippen LogP contribution in [0.5, 0.6) is 0 Å². The molecule has 1 N–H and O–H groups in total. The van der Waals surface area contributed by atoms with Crippen LogP contribution in [0, 0.1) is 5.92 Å². The highest BCUT2D eigenvalue weighted by Gasteiger charge is 2.25. The average molecular weight is 351 g/mol. The fraction of sp³-hybridized carbons (Fsp3) is 0.737. The molecule has 4 nitrogen and oxygen atoms in total. The van der Waals surface area contributed by atoms with Gasteiger partial charge in [-0.3, -0.25) is 9.69 Å². The molecule has 1 aromatic rings. The number of nitrogens with zero attached hydrogens (tertiary/aromatic N) is 1. The summed E-state index contributed by atoms with van der Waals surface area (Å²) in [5.74, 6) is 0.773. The highest BCUT2D eigenvalue weighted by atomic mass is 32.1. The van der Waals surface area contributed by atoms with Gasteiger partial charge in [0.2, 0.25) is 5.91 Å². The monoisotopic (exact) mass is 350 g/mol. The number of hydrogen-bond donors (Lipinski definition) is 1. The molecule has 1 aliphatic carbocycles. The summed E-state index contributed by atoms with van der Waals surface area (Å²) in [6.45, 7) is 5.29. The van der Waals surface area contributed by atoms with Crippen LogP contribution in [0.15, 0.2) is 17.5 Å². The van der Waals surface area contributed by atoms with Gasteiger partial charge >= 0.3 is 0 Å². The molecule has 1 amide bonds. The molecule has 1 aromatic heterocycles. The minimum atomic E-state index is 0.170. The van der Waals surface area contributed by atoms with Crippen molar-refractivity contribution in [2.24, 2.45) is 5.92 Å². The summed E-state index contributed by atoms with van der Waals surface area (Å²) in [5, 5.41) is 5.39. The van der Waals surface area contributed by atoms with Crippen molar-refractivity contribution in [3.63, 3.8) is 0 Å². The topological polar surface area (TPSA) is 41.6 Å². The predicted octanol–water partition coefficient (Wildman–Crippen LogP) is 3.42. The Hall–Kier alpha value is -0.910. The molecule has 2 aliphatic rings. The van der Waals surface area contributed by atoms with Gasteiger partial charge < -0.3 is 10.1 Å². The van der Waals surface area contributed by atoms with E-state index in [0.717, 1.165) is 39.0 Å². The van der Waals surface area contributed by atoms with E-state index >= 15 is 0 Å². The molecule has 0 unspecified atom stereocenters. The molecule has 2 fully saturated rings. The van der Waals surface area contributed by atoms with E-state index < -0.39 is 0 Å². The van der Waals surface area contributed by atoms with Crippen LogP contribution in [-0.2, 0) is 16.1 Å². The molecule has 24 heavy (non-hydrogen) atoms. The summed E-state index contributed by atoms with van der Waals surface area (Å²) in [6, 6.07) is 4.58. The molecule has 3 atom stereocenters. The van der Waals surface area contributed by atoms with E-state index in [9.17, 15) is 4.79 Å². The van der Waals surface area contributed by atoms with Gasteiger partial charge in [0, 0.05) is 30.6 Å². The second-order valence-corrected chi connectivity index (χ2v) is 8.35. The van der Waals surface area contributed by atoms with Crippen molar-refractivity contribution >= 4 is 17.2 Å². The van der Waals surface area contributed by atoms with Crippen molar-refractivity contribution in [3.05, 3.63) is 22.4 Å². The van der Waals surface area contributed by atoms with Gasteiger partial charge in [-0.2, -0.15) is 0 Å². The summed E-state index contributed by atoms with van der Waals surface area (Å²) >= 11 is 1.76. The second-order valence-electron chi connectivity index (χ2n) is 7.32. The standard InChI is InChI=1S/C19H30N2O2S/c1-15-6-2-3-9-18(15)20-19(22)14-21(12-16-7-4-10-23-16)13-17-8-5-11-24-17/h5,8,11,15-16,18H,2-4,6-7,9-10,12-14H2,1H3,(H,20,22)/t15-,16+,18-/m1/s1. The Morgan fingerprint density at radius 2 is 2.21 bits per heavy atom. The molecule has 0 spiro atoms. The van der Waals surface area contributed by atoms with Gasteiger partial charge in [0.1, 0.15) is 0 Å². The molecular formula is C19H30N2O2S. The van der Waals surface area contributed by atoms with Gasteiger partial charge in [0.25, 0.3) is 0 Å². The third-order valence-electron chi connectivity index (χ3n) is 5.27. The fourth-order valence-corrected chi connectivity index (χ4v) is 4.62. The lowest BCUT2D eigenvalue weighted by atomic mass is 9.86. The van der Waals surface area contributed by atoms with Gasteiger partial charge in [-0.15, -0.1) is 11.3 Å². The predicted molar refractivity (Wildman–Crippen MR) is 98.1 cm³/mol. The van der Waals surface area contributed by atoms with Crippen LogP contribution < -0.4 is 5.32 Å². The van der Waals surface area contributed by atoms with E-state index in [0.29, 0.717) is 18.5 Å². The van der Waals surface area contributed by atoms with Crippen molar-refractivity contribution in [2.75, 3.05) is 19.7 Å². The maximum absolute atomic E-state index is 12.6. The van der Waals surface area contributed by atoms with E-state index in [1.807, 2.05) is 0 Å². The zero-order chi connectivity index (χ0) is 16.8. The molecule has 1 saturated heterocycles. The Morgan fingerprint density at radius 1 is 1.33 bits per heavy atom. The zero-order valence-corrected chi connectivity index (χ0v) is 15.5. The van der Waals surface area contributed by atoms with Crippen molar-refractivity contribution in [2.45, 2.75) is 64.1 Å². The molecule has 1 aliphatic heterocycles. The smallest absolute Gasteiger partial charge is 0.234 e. The molecule has 134 valence electrons. The number of carbonyl (C=O) groups excluding carboxylic acids is 1. The number of hydrogen-bond acceptors (Lipinski definition) is 4. The van der Waals surface area contributed by atoms with Crippen molar-refractivity contribution in [1.29, 1.82) is 0 Å². The number of rotatable bonds is 7. The first-order valence-corrected chi connectivity index (χ1v) is 10.2. The summed E-state index contributed by atoms with van der Waals surface area (Å²) in [6.07, 6.45) is 7.45. The molecule has 2 heterocycles. The molecule has 5 heteroatoms. The largest absolute Gasteiger partial charge is 0.377 e. The molecule has 1 saturated carbocycles. The van der Waals surface area contributed by atoms with E-state index in [2.05, 4.69) is 34.7 Å². The number of thiophene rings is 1. The Morgan fingerprint density at radius 3 is 2.92 bits per heavy atom. The minimum absolute atomic E-state index is 0.170. The Kier molecular flexibility index (Phi) is 6.69. The van der Waals surface area contributed by atoms with Crippen LogP contribution in [-0.4, -0.2) is 42.6 Å². The number of nitrogens with one attached hydrogen (secondary N) is 1. The summed E-state index contributed by atoms with van der Waals surface area (Å²) < 4.78 is 5.78. The number of amides is 1. The number of carbonyl (C=O) groups is 1. The van der Waals surface area contributed by atoms with Crippen LogP contribution in [0.3, 0.4) is 0 Å². The van der Waals surface area contributed by atoms with Gasteiger partial charge in [-0.1, -0.05) is 25.8 Å². The molecule has 0 bridgehead atoms. The van der Waals surface area contributed by atoms with Crippen LogP contribution >= 0.6 is 11.3 Å². The third-order valence-corrected chi connectivity index (χ3v) is 6.13. The average Bonchev–Trinajstić information content (AvgIpc) is 3.23. The van der Waals surface area contributed by atoms with E-state index in [1.165, 1.54) is 24.1 Å². The van der Waals surface area contributed by atoms with Crippen molar-refractivity contribution in [3.8, 4) is 0 Å². The maximum Gasteiger partial charge on any atom is 0.234 e. The lowest BCUT2D eigenvalue weighted by Gasteiger charge is -2.31. The van der Waals surface area contributed by atoms with Crippen molar-refractivity contribution in [1.82, 2.24) is 10.2 Å². The first-order valence-electron chi connectivity index (χ1n) is 9.36. The molecule has 3 rings (SSSR count). The zero-order valence-electron chi connectivity index (χ0n) is 14.7. The second kappa shape index (κ2) is 8.97. The van der Waals surface area contributed by atoms with Crippen LogP contribution in [0.2, 0.25) is 0 Å². The van der Waals surface area contributed by atoms with Crippen LogP contribution in [0.4, 0.5) is 0 Å². The first-order chi connectivity index (χ1) is 11.7. The lowest BCUT2D eigenvalue weighted by Crippen LogP contribution is -2.46. The van der Waals surface area contributed by atoms with Crippen molar-refractivity contribution < 1.29 is 9.53 Å². The highest BCUT2D eigenvalue weighted by molar-refractivity contribution is 7.09. The highest BCUT2D eigenvalue weighted by Crippen LogP contribution is 2.24. The van der Waals surface area contributed by atoms with E-state index in [-0.39, 0.29) is 12.0 Å². The Bertz CT molecular complexity index is 499. The Labute approximate surface area is 149 Å². The molecule has 0 aromatic carbocycles. The lowest BCUT2D eigenvalue weighted by molar-refractivity contribution is -0.124. The number of ether oxygens (including phenoxy) is 1. The van der Waals surface area contributed by atoms with Gasteiger partial charge in [0.15, 0.2) is 0 Å². The molecule has 0 radical (unpaired) electrons. The quantitative estimate of drug-likeness (QED) is 0.819. The molecular weight excluding hydrogens is 320 g/mol. The van der Waals surface area contributed by atoms with Gasteiger partial charge in [0.05, 0.1) is 12.6 Å². The summed E-state index contributed by atoms with van der Waals surface area (Å²) in [5.41, 5.74) is 0. The SMILES string of the molecule is C[C@@H]1CCCC[C@H]1NC(=O)CN(Cc1cccs1)C[C@@H]1CCCO1.